The molecule has 2 heteroatoms. The van der Waals surface area contributed by atoms with E-state index in [2.05, 4.69) is 35.3 Å². The molecule has 2 nitrogen and oxygen atoms in total. The molecule has 1 aromatic heterocycles. The summed E-state index contributed by atoms with van der Waals surface area (Å²) in [7, 11) is 0. The summed E-state index contributed by atoms with van der Waals surface area (Å²) in [6.45, 7) is 0.507. The molecule has 0 atom stereocenters. The van der Waals surface area contributed by atoms with Gasteiger partial charge in [-0.05, 0) is 28.8 Å². The van der Waals surface area contributed by atoms with Crippen LogP contribution in [0, 0.1) is 0 Å². The second kappa shape index (κ2) is 5.68. The summed E-state index contributed by atoms with van der Waals surface area (Å²) in [5.41, 5.74) is 11.5. The Balaban J connectivity index is 2.26. The topological polar surface area (TPSA) is 38.9 Å². The lowest BCUT2D eigenvalue weighted by molar-refractivity contribution is 1.07. The SMILES string of the molecule is NCc1cccc(-c2ccccc2)c1-c1ccccn1. The summed E-state index contributed by atoms with van der Waals surface area (Å²) in [6.07, 6.45) is 1.82. The van der Waals surface area contributed by atoms with Crippen LogP contribution >= 0.6 is 0 Å². The molecule has 0 fully saturated rings. The largest absolute Gasteiger partial charge is 0.326 e. The second-order valence-electron chi connectivity index (χ2n) is 4.62. The third-order valence-electron chi connectivity index (χ3n) is 3.38. The molecule has 2 N–H and O–H groups in total. The Morgan fingerprint density at radius 2 is 1.60 bits per heavy atom. The smallest absolute Gasteiger partial charge is 0.0711 e. The Bertz CT molecular complexity index is 691. The Kier molecular flexibility index (Phi) is 3.57. The van der Waals surface area contributed by atoms with Crippen molar-refractivity contribution in [2.45, 2.75) is 6.54 Å². The number of nitrogens with two attached hydrogens (primary N) is 1. The van der Waals surface area contributed by atoms with Crippen molar-refractivity contribution >= 4 is 0 Å². The molecule has 0 aliphatic rings. The summed E-state index contributed by atoms with van der Waals surface area (Å²) in [6, 6.07) is 22.5. The van der Waals surface area contributed by atoms with Gasteiger partial charge >= 0.3 is 0 Å². The minimum atomic E-state index is 0.507. The van der Waals surface area contributed by atoms with Crippen molar-refractivity contribution in [3.63, 3.8) is 0 Å². The van der Waals surface area contributed by atoms with E-state index in [4.69, 9.17) is 5.73 Å². The molecular weight excluding hydrogens is 244 g/mol. The average molecular weight is 260 g/mol. The number of rotatable bonds is 3. The fourth-order valence-corrected chi connectivity index (χ4v) is 2.44. The fraction of sp³-hybridized carbons (Fsp3) is 0.0556. The van der Waals surface area contributed by atoms with Crippen molar-refractivity contribution < 1.29 is 0 Å². The maximum Gasteiger partial charge on any atom is 0.0711 e. The van der Waals surface area contributed by atoms with E-state index in [1.165, 1.54) is 11.1 Å². The van der Waals surface area contributed by atoms with E-state index in [1.807, 2.05) is 42.6 Å². The van der Waals surface area contributed by atoms with Crippen LogP contribution in [0.2, 0.25) is 0 Å². The van der Waals surface area contributed by atoms with Crippen LogP contribution in [0.1, 0.15) is 5.56 Å². The number of aromatic nitrogens is 1. The third-order valence-corrected chi connectivity index (χ3v) is 3.38. The van der Waals surface area contributed by atoms with E-state index in [1.54, 1.807) is 0 Å². The minimum Gasteiger partial charge on any atom is -0.326 e. The lowest BCUT2D eigenvalue weighted by atomic mass is 9.93. The van der Waals surface area contributed by atoms with Gasteiger partial charge in [0.15, 0.2) is 0 Å². The van der Waals surface area contributed by atoms with Gasteiger partial charge in [0.2, 0.25) is 0 Å². The zero-order chi connectivity index (χ0) is 13.8. The lowest BCUT2D eigenvalue weighted by Gasteiger charge is -2.13. The van der Waals surface area contributed by atoms with Crippen LogP contribution in [0.5, 0.6) is 0 Å². The highest BCUT2D eigenvalue weighted by molar-refractivity contribution is 5.84. The monoisotopic (exact) mass is 260 g/mol. The number of benzene rings is 2. The minimum absolute atomic E-state index is 0.507. The molecule has 0 saturated heterocycles. The maximum atomic E-state index is 5.91. The van der Waals surface area contributed by atoms with E-state index in [0.717, 1.165) is 16.8 Å². The van der Waals surface area contributed by atoms with Crippen LogP contribution in [0.4, 0.5) is 0 Å². The van der Waals surface area contributed by atoms with Gasteiger partial charge in [0.25, 0.3) is 0 Å². The quantitative estimate of drug-likeness (QED) is 0.776. The molecule has 2 aromatic carbocycles. The van der Waals surface area contributed by atoms with Crippen LogP contribution in [-0.2, 0) is 6.54 Å². The molecule has 0 unspecified atom stereocenters. The highest BCUT2D eigenvalue weighted by atomic mass is 14.7. The van der Waals surface area contributed by atoms with E-state index >= 15 is 0 Å². The normalized spacial score (nSPS) is 10.4. The van der Waals surface area contributed by atoms with Gasteiger partial charge < -0.3 is 5.73 Å². The number of hydrogen-bond donors (Lipinski definition) is 1. The molecule has 3 aromatic rings. The average Bonchev–Trinajstić information content (AvgIpc) is 2.55. The highest BCUT2D eigenvalue weighted by Gasteiger charge is 2.11. The Labute approximate surface area is 118 Å². The zero-order valence-electron chi connectivity index (χ0n) is 11.2. The second-order valence-corrected chi connectivity index (χ2v) is 4.62. The van der Waals surface area contributed by atoms with E-state index in [0.29, 0.717) is 6.54 Å². The zero-order valence-corrected chi connectivity index (χ0v) is 11.2. The fourth-order valence-electron chi connectivity index (χ4n) is 2.44. The first-order valence-electron chi connectivity index (χ1n) is 6.69. The van der Waals surface area contributed by atoms with Gasteiger partial charge in [0.1, 0.15) is 0 Å². The van der Waals surface area contributed by atoms with Crippen LogP contribution in [0.25, 0.3) is 22.4 Å². The molecule has 0 amide bonds. The highest BCUT2D eigenvalue weighted by Crippen LogP contribution is 2.33. The maximum absolute atomic E-state index is 5.91. The number of nitrogens with zero attached hydrogens (tertiary/aromatic N) is 1. The lowest BCUT2D eigenvalue weighted by Crippen LogP contribution is -2.01. The summed E-state index contributed by atoms with van der Waals surface area (Å²) in [5, 5.41) is 0. The van der Waals surface area contributed by atoms with Gasteiger partial charge in [-0.25, -0.2) is 0 Å². The molecule has 1 heterocycles. The summed E-state index contributed by atoms with van der Waals surface area (Å²) >= 11 is 0. The van der Waals surface area contributed by atoms with Crippen LogP contribution < -0.4 is 5.73 Å². The van der Waals surface area contributed by atoms with Gasteiger partial charge in [-0.1, -0.05) is 54.6 Å². The Hall–Kier alpha value is -2.45. The first kappa shape index (κ1) is 12.6. The number of pyridine rings is 1. The van der Waals surface area contributed by atoms with Crippen LogP contribution in [-0.4, -0.2) is 4.98 Å². The van der Waals surface area contributed by atoms with E-state index < -0.39 is 0 Å². The van der Waals surface area contributed by atoms with Crippen molar-refractivity contribution in [3.8, 4) is 22.4 Å². The molecule has 0 spiro atoms. The summed E-state index contributed by atoms with van der Waals surface area (Å²) < 4.78 is 0. The Morgan fingerprint density at radius 1 is 0.800 bits per heavy atom. The van der Waals surface area contributed by atoms with Crippen molar-refractivity contribution in [3.05, 3.63) is 78.5 Å². The number of hydrogen-bond acceptors (Lipinski definition) is 2. The molecule has 98 valence electrons. The predicted octanol–water partition coefficient (Wildman–Crippen LogP) is 3.87. The first-order chi connectivity index (χ1) is 9.90. The molecule has 20 heavy (non-hydrogen) atoms. The van der Waals surface area contributed by atoms with Gasteiger partial charge in [0, 0.05) is 18.3 Å². The summed E-state index contributed by atoms with van der Waals surface area (Å²) in [4.78, 5) is 4.49. The molecule has 0 aliphatic carbocycles. The molecular formula is C18H16N2. The van der Waals surface area contributed by atoms with Crippen molar-refractivity contribution in [1.82, 2.24) is 4.98 Å². The van der Waals surface area contributed by atoms with Gasteiger partial charge in [-0.2, -0.15) is 0 Å². The van der Waals surface area contributed by atoms with E-state index in [9.17, 15) is 0 Å². The molecule has 0 aliphatic heterocycles. The molecule has 3 rings (SSSR count). The predicted molar refractivity (Wildman–Crippen MR) is 83.0 cm³/mol. The van der Waals surface area contributed by atoms with E-state index in [-0.39, 0.29) is 0 Å². The van der Waals surface area contributed by atoms with Crippen LogP contribution in [0.15, 0.2) is 72.9 Å². The third kappa shape index (κ3) is 2.33. The van der Waals surface area contributed by atoms with Crippen LogP contribution in [0.3, 0.4) is 0 Å². The Morgan fingerprint density at radius 3 is 2.30 bits per heavy atom. The first-order valence-corrected chi connectivity index (χ1v) is 6.69. The van der Waals surface area contributed by atoms with Crippen molar-refractivity contribution in [2.75, 3.05) is 0 Å². The van der Waals surface area contributed by atoms with Gasteiger partial charge in [-0.3, -0.25) is 4.98 Å². The van der Waals surface area contributed by atoms with Crippen molar-refractivity contribution in [1.29, 1.82) is 0 Å². The molecule has 0 radical (unpaired) electrons. The van der Waals surface area contributed by atoms with Gasteiger partial charge in [0.05, 0.1) is 5.69 Å². The van der Waals surface area contributed by atoms with Crippen molar-refractivity contribution in [2.24, 2.45) is 5.73 Å². The van der Waals surface area contributed by atoms with Gasteiger partial charge in [-0.15, -0.1) is 0 Å². The molecule has 0 saturated carbocycles. The standard InChI is InChI=1S/C18H16N2/c19-13-15-9-6-10-16(14-7-2-1-3-8-14)18(15)17-11-4-5-12-20-17/h1-12H,13,19H2. The molecule has 0 bridgehead atoms. The summed E-state index contributed by atoms with van der Waals surface area (Å²) in [5.74, 6) is 0.